The molecule has 0 unspecified atom stereocenters. The molecule has 0 aromatic heterocycles. The molecule has 1 aromatic carbocycles. The molecule has 1 N–H and O–H groups in total. The maximum absolute atomic E-state index is 11.7. The minimum atomic E-state index is 0.0258. The maximum Gasteiger partial charge on any atom is 0.168 e. The van der Waals surface area contributed by atoms with Crippen LogP contribution in [0.5, 0.6) is 0 Å². The van der Waals surface area contributed by atoms with Crippen molar-refractivity contribution in [3.8, 4) is 0 Å². The standard InChI is InChI=1S/C16H19NO2/c1-2-13(16-14(18)8-9-15(16)19)17-11-10-12-6-4-3-5-7-12/h3-7,18H,2,8-11H2,1H3. The van der Waals surface area contributed by atoms with Crippen LogP contribution in [0, 0.1) is 0 Å². The molecule has 0 atom stereocenters. The van der Waals surface area contributed by atoms with Crippen LogP contribution in [0.4, 0.5) is 0 Å². The predicted molar refractivity (Wildman–Crippen MR) is 76.6 cm³/mol. The fraction of sp³-hybridized carbons (Fsp3) is 0.375. The van der Waals surface area contributed by atoms with E-state index in [-0.39, 0.29) is 11.5 Å². The van der Waals surface area contributed by atoms with E-state index in [0.717, 1.165) is 12.1 Å². The second-order valence-electron chi connectivity index (χ2n) is 4.66. The topological polar surface area (TPSA) is 49.7 Å². The summed E-state index contributed by atoms with van der Waals surface area (Å²) in [5.41, 5.74) is 2.45. The summed E-state index contributed by atoms with van der Waals surface area (Å²) in [6.45, 7) is 2.62. The number of Topliss-reactive ketones (excluding diaryl/α,β-unsaturated/α-hetero) is 1. The van der Waals surface area contributed by atoms with Crippen molar-refractivity contribution < 1.29 is 9.90 Å². The lowest BCUT2D eigenvalue weighted by Crippen LogP contribution is -2.10. The normalized spacial score (nSPS) is 16.3. The van der Waals surface area contributed by atoms with E-state index in [1.807, 2.05) is 25.1 Å². The lowest BCUT2D eigenvalue weighted by molar-refractivity contribution is -0.114. The summed E-state index contributed by atoms with van der Waals surface area (Å²) in [7, 11) is 0. The summed E-state index contributed by atoms with van der Waals surface area (Å²) in [5, 5.41) is 9.76. The van der Waals surface area contributed by atoms with E-state index in [1.54, 1.807) is 0 Å². The maximum atomic E-state index is 11.7. The average molecular weight is 257 g/mol. The third kappa shape index (κ3) is 3.31. The van der Waals surface area contributed by atoms with Crippen molar-refractivity contribution in [2.24, 2.45) is 4.99 Å². The Morgan fingerprint density at radius 1 is 1.26 bits per heavy atom. The second-order valence-corrected chi connectivity index (χ2v) is 4.66. The molecule has 0 aliphatic heterocycles. The zero-order valence-corrected chi connectivity index (χ0v) is 11.2. The number of aliphatic hydroxyl groups excluding tert-OH is 1. The Morgan fingerprint density at radius 2 is 2.00 bits per heavy atom. The van der Waals surface area contributed by atoms with Gasteiger partial charge in [0.2, 0.25) is 0 Å². The van der Waals surface area contributed by atoms with Gasteiger partial charge in [-0.25, -0.2) is 0 Å². The predicted octanol–water partition coefficient (Wildman–Crippen LogP) is 3.26. The fourth-order valence-corrected chi connectivity index (χ4v) is 2.30. The van der Waals surface area contributed by atoms with Gasteiger partial charge in [-0.3, -0.25) is 9.79 Å². The van der Waals surface area contributed by atoms with Crippen molar-refractivity contribution in [3.63, 3.8) is 0 Å². The molecule has 0 amide bonds. The van der Waals surface area contributed by atoms with Crippen molar-refractivity contribution in [2.45, 2.75) is 32.6 Å². The molecule has 0 spiro atoms. The summed E-state index contributed by atoms with van der Waals surface area (Å²) in [6.07, 6.45) is 2.41. The highest BCUT2D eigenvalue weighted by atomic mass is 16.3. The highest BCUT2D eigenvalue weighted by Crippen LogP contribution is 2.23. The first-order chi connectivity index (χ1) is 9.22. The van der Waals surface area contributed by atoms with Crippen molar-refractivity contribution in [1.29, 1.82) is 0 Å². The number of rotatable bonds is 5. The van der Waals surface area contributed by atoms with Gasteiger partial charge >= 0.3 is 0 Å². The minimum absolute atomic E-state index is 0.0258. The van der Waals surface area contributed by atoms with Gasteiger partial charge in [-0.05, 0) is 18.4 Å². The second kappa shape index (κ2) is 6.32. The van der Waals surface area contributed by atoms with Crippen LogP contribution in [-0.4, -0.2) is 23.1 Å². The van der Waals surface area contributed by atoms with Crippen LogP contribution >= 0.6 is 0 Å². The van der Waals surface area contributed by atoms with E-state index in [0.29, 0.717) is 31.4 Å². The summed E-state index contributed by atoms with van der Waals surface area (Å²) >= 11 is 0. The average Bonchev–Trinajstić information content (AvgIpc) is 2.76. The molecule has 0 heterocycles. The SMILES string of the molecule is CCC(=NCCc1ccccc1)C1=C(O)CCC1=O. The molecule has 3 nitrogen and oxygen atoms in total. The molecular weight excluding hydrogens is 238 g/mol. The van der Waals surface area contributed by atoms with Crippen molar-refractivity contribution >= 4 is 11.5 Å². The van der Waals surface area contributed by atoms with Crippen molar-refractivity contribution in [1.82, 2.24) is 0 Å². The Labute approximate surface area is 113 Å². The van der Waals surface area contributed by atoms with Crippen LogP contribution in [-0.2, 0) is 11.2 Å². The fourth-order valence-electron chi connectivity index (χ4n) is 2.30. The van der Waals surface area contributed by atoms with Gasteiger partial charge < -0.3 is 5.11 Å². The molecule has 0 fully saturated rings. The lowest BCUT2D eigenvalue weighted by Gasteiger charge is -2.05. The molecular formula is C16H19NO2. The zero-order chi connectivity index (χ0) is 13.7. The third-order valence-corrected chi connectivity index (χ3v) is 3.33. The lowest BCUT2D eigenvalue weighted by atomic mass is 10.1. The van der Waals surface area contributed by atoms with E-state index < -0.39 is 0 Å². The quantitative estimate of drug-likeness (QED) is 0.823. The number of hydrogen-bond acceptors (Lipinski definition) is 3. The molecule has 100 valence electrons. The highest BCUT2D eigenvalue weighted by Gasteiger charge is 2.25. The number of benzene rings is 1. The van der Waals surface area contributed by atoms with Crippen molar-refractivity contribution in [2.75, 3.05) is 6.54 Å². The van der Waals surface area contributed by atoms with Gasteiger partial charge in [-0.15, -0.1) is 0 Å². The molecule has 3 heteroatoms. The Kier molecular flexibility index (Phi) is 4.50. The number of carbonyl (C=O) groups excluding carboxylic acids is 1. The number of ketones is 1. The van der Waals surface area contributed by atoms with Crippen LogP contribution < -0.4 is 0 Å². The number of carbonyl (C=O) groups is 1. The van der Waals surface area contributed by atoms with Crippen molar-refractivity contribution in [3.05, 3.63) is 47.2 Å². The Balaban J connectivity index is 2.04. The van der Waals surface area contributed by atoms with Gasteiger partial charge in [0.1, 0.15) is 5.76 Å². The van der Waals surface area contributed by atoms with E-state index in [4.69, 9.17) is 0 Å². The van der Waals surface area contributed by atoms with Crippen LogP contribution in [0.25, 0.3) is 0 Å². The highest BCUT2D eigenvalue weighted by molar-refractivity contribution is 6.23. The molecule has 19 heavy (non-hydrogen) atoms. The van der Waals surface area contributed by atoms with Crippen LogP contribution in [0.15, 0.2) is 46.7 Å². The molecule has 1 aliphatic rings. The number of hydrogen-bond donors (Lipinski definition) is 1. The summed E-state index contributed by atoms with van der Waals surface area (Å²) < 4.78 is 0. The Bertz CT molecular complexity index is 515. The molecule has 1 aromatic rings. The Hall–Kier alpha value is -1.90. The largest absolute Gasteiger partial charge is 0.511 e. The molecule has 0 saturated carbocycles. The van der Waals surface area contributed by atoms with Crippen LogP contribution in [0.1, 0.15) is 31.7 Å². The van der Waals surface area contributed by atoms with Gasteiger partial charge in [0.15, 0.2) is 5.78 Å². The monoisotopic (exact) mass is 257 g/mol. The van der Waals surface area contributed by atoms with Gasteiger partial charge in [-0.1, -0.05) is 37.3 Å². The first-order valence-corrected chi connectivity index (χ1v) is 6.75. The summed E-state index contributed by atoms with van der Waals surface area (Å²) in [4.78, 5) is 16.2. The first-order valence-electron chi connectivity index (χ1n) is 6.75. The van der Waals surface area contributed by atoms with E-state index in [1.165, 1.54) is 5.56 Å². The molecule has 2 rings (SSSR count). The first kappa shape index (κ1) is 13.5. The van der Waals surface area contributed by atoms with Gasteiger partial charge in [0.05, 0.1) is 5.57 Å². The molecule has 1 aliphatic carbocycles. The van der Waals surface area contributed by atoms with E-state index in [9.17, 15) is 9.90 Å². The van der Waals surface area contributed by atoms with Gasteiger partial charge in [0.25, 0.3) is 0 Å². The third-order valence-electron chi connectivity index (χ3n) is 3.33. The Morgan fingerprint density at radius 3 is 2.58 bits per heavy atom. The number of aliphatic imine (C=N–C) groups is 1. The van der Waals surface area contributed by atoms with Gasteiger partial charge in [0, 0.05) is 25.1 Å². The molecule has 0 saturated heterocycles. The number of nitrogens with zero attached hydrogens (tertiary/aromatic N) is 1. The minimum Gasteiger partial charge on any atom is -0.511 e. The summed E-state index contributed by atoms with van der Waals surface area (Å²) in [5.74, 6) is 0.239. The van der Waals surface area contributed by atoms with E-state index >= 15 is 0 Å². The molecule has 0 bridgehead atoms. The number of allylic oxidation sites excluding steroid dienone is 2. The van der Waals surface area contributed by atoms with Crippen LogP contribution in [0.3, 0.4) is 0 Å². The molecule has 0 radical (unpaired) electrons. The smallest absolute Gasteiger partial charge is 0.168 e. The zero-order valence-electron chi connectivity index (χ0n) is 11.2. The summed E-state index contributed by atoms with van der Waals surface area (Å²) in [6, 6.07) is 10.1. The number of aliphatic hydroxyl groups is 1. The van der Waals surface area contributed by atoms with Crippen LogP contribution in [0.2, 0.25) is 0 Å². The van der Waals surface area contributed by atoms with E-state index in [2.05, 4.69) is 17.1 Å². The van der Waals surface area contributed by atoms with Gasteiger partial charge in [-0.2, -0.15) is 0 Å².